The third kappa shape index (κ3) is 5.39. The first kappa shape index (κ1) is 25.4. The van der Waals surface area contributed by atoms with E-state index in [9.17, 15) is 14.4 Å². The number of nitrogens with one attached hydrogen (secondary N) is 1. The Hall–Kier alpha value is -3.28. The lowest BCUT2D eigenvalue weighted by atomic mass is 10.0. The number of hydrogen-bond donors (Lipinski definition) is 3. The molecule has 3 aliphatic heterocycles. The minimum atomic E-state index is -0.937. The highest BCUT2D eigenvalue weighted by molar-refractivity contribution is 5.90. The van der Waals surface area contributed by atoms with Crippen molar-refractivity contribution >= 4 is 17.8 Å². The number of carbonyl (C=O) groups is 2. The second kappa shape index (κ2) is 9.88. The van der Waals surface area contributed by atoms with Gasteiger partial charge in [0.25, 0.3) is 0 Å². The maximum absolute atomic E-state index is 12.9. The van der Waals surface area contributed by atoms with E-state index >= 15 is 0 Å². The molecule has 0 saturated carbocycles. The van der Waals surface area contributed by atoms with Crippen molar-refractivity contribution in [2.24, 2.45) is 11.5 Å². The molecule has 1 unspecified atom stereocenters. The number of hydrogen-bond acceptors (Lipinski definition) is 7. The average Bonchev–Trinajstić information content (AvgIpc) is 3.47. The number of rotatable bonds is 5. The van der Waals surface area contributed by atoms with E-state index in [-0.39, 0.29) is 29.8 Å². The fourth-order valence-electron chi connectivity index (χ4n) is 5.52. The Morgan fingerprint density at radius 2 is 1.70 bits per heavy atom. The molecular formula is C26H36N8O3. The van der Waals surface area contributed by atoms with Crippen LogP contribution in [-0.2, 0) is 11.3 Å². The van der Waals surface area contributed by atoms with Crippen molar-refractivity contribution in [3.63, 3.8) is 0 Å². The molecule has 2 bridgehead atoms. The first-order chi connectivity index (χ1) is 17.6. The fourth-order valence-corrected chi connectivity index (χ4v) is 5.52. The van der Waals surface area contributed by atoms with Gasteiger partial charge in [0.2, 0.25) is 5.91 Å². The van der Waals surface area contributed by atoms with Gasteiger partial charge in [-0.05, 0) is 70.0 Å². The van der Waals surface area contributed by atoms with Crippen LogP contribution in [0.5, 0.6) is 0 Å². The number of amides is 3. The second-order valence-electron chi connectivity index (χ2n) is 11.1. The van der Waals surface area contributed by atoms with Crippen LogP contribution in [0.4, 0.5) is 10.6 Å². The van der Waals surface area contributed by atoms with Crippen LogP contribution in [0, 0.1) is 0 Å². The van der Waals surface area contributed by atoms with E-state index < -0.39 is 11.2 Å². The number of nitrogens with zero attached hydrogens (tertiary/aromatic N) is 5. The molecule has 2 aromatic rings. The number of aromatic nitrogens is 2. The van der Waals surface area contributed by atoms with Crippen molar-refractivity contribution in [2.45, 2.75) is 63.3 Å². The maximum atomic E-state index is 12.9. The first-order valence-electron chi connectivity index (χ1n) is 12.9. The lowest BCUT2D eigenvalue weighted by Gasteiger charge is -2.37. The van der Waals surface area contributed by atoms with E-state index in [1.807, 2.05) is 24.3 Å². The van der Waals surface area contributed by atoms with Gasteiger partial charge >= 0.3 is 11.7 Å². The SMILES string of the molecule is CC(C)(N)C(=O)N1C[C@@H]2CC1CN2C(=O)Nc1ccn(-c2ccc(CN3CCC(N)CC3)cc2)c(=O)n1. The van der Waals surface area contributed by atoms with Crippen LogP contribution >= 0.6 is 0 Å². The van der Waals surface area contributed by atoms with Crippen LogP contribution in [0.25, 0.3) is 5.69 Å². The van der Waals surface area contributed by atoms with Crippen LogP contribution in [-0.4, -0.2) is 86.0 Å². The largest absolute Gasteiger partial charge is 0.354 e. The number of nitrogens with two attached hydrogens (primary N) is 2. The first-order valence-corrected chi connectivity index (χ1v) is 12.9. The number of piperazine rings is 1. The minimum Gasteiger partial charge on any atom is -0.334 e. The van der Waals surface area contributed by atoms with Gasteiger partial charge in [-0.3, -0.25) is 19.6 Å². The molecule has 198 valence electrons. The number of likely N-dealkylation sites (tertiary alicyclic amines) is 3. The van der Waals surface area contributed by atoms with Crippen molar-refractivity contribution in [2.75, 3.05) is 31.5 Å². The molecule has 1 aromatic heterocycles. The molecule has 3 amide bonds. The molecule has 37 heavy (non-hydrogen) atoms. The zero-order valence-electron chi connectivity index (χ0n) is 21.5. The number of urea groups is 1. The van der Waals surface area contributed by atoms with Gasteiger partial charge in [-0.2, -0.15) is 4.98 Å². The maximum Gasteiger partial charge on any atom is 0.354 e. The molecule has 11 heteroatoms. The summed E-state index contributed by atoms with van der Waals surface area (Å²) in [5.41, 5.74) is 12.5. The zero-order valence-corrected chi connectivity index (χ0v) is 21.5. The van der Waals surface area contributed by atoms with Crippen LogP contribution in [0.3, 0.4) is 0 Å². The smallest absolute Gasteiger partial charge is 0.334 e. The van der Waals surface area contributed by atoms with Gasteiger partial charge in [0, 0.05) is 31.9 Å². The van der Waals surface area contributed by atoms with Crippen molar-refractivity contribution in [1.29, 1.82) is 0 Å². The van der Waals surface area contributed by atoms with E-state index in [2.05, 4.69) is 15.2 Å². The van der Waals surface area contributed by atoms with Crippen molar-refractivity contribution < 1.29 is 9.59 Å². The lowest BCUT2D eigenvalue weighted by molar-refractivity contribution is -0.137. The molecule has 0 spiro atoms. The number of carbonyl (C=O) groups excluding carboxylic acids is 2. The number of fused-ring (bicyclic) bond motifs is 2. The van der Waals surface area contributed by atoms with Crippen molar-refractivity contribution in [1.82, 2.24) is 24.3 Å². The van der Waals surface area contributed by atoms with Crippen molar-refractivity contribution in [3.8, 4) is 5.69 Å². The van der Waals surface area contributed by atoms with Gasteiger partial charge in [-0.1, -0.05) is 12.1 Å². The van der Waals surface area contributed by atoms with Crippen LogP contribution < -0.4 is 22.5 Å². The summed E-state index contributed by atoms with van der Waals surface area (Å²) in [6.07, 6.45) is 4.38. The third-order valence-electron chi connectivity index (χ3n) is 7.61. The summed E-state index contributed by atoms with van der Waals surface area (Å²) < 4.78 is 1.45. The predicted molar refractivity (Wildman–Crippen MR) is 140 cm³/mol. The molecule has 11 nitrogen and oxygen atoms in total. The molecule has 1 aromatic carbocycles. The van der Waals surface area contributed by atoms with Gasteiger partial charge in [-0.15, -0.1) is 0 Å². The lowest BCUT2D eigenvalue weighted by Crippen LogP contribution is -2.58. The number of piperidine rings is 1. The van der Waals surface area contributed by atoms with E-state index in [0.717, 1.165) is 38.9 Å². The molecule has 3 saturated heterocycles. The van der Waals surface area contributed by atoms with Gasteiger partial charge in [0.05, 0.1) is 23.3 Å². The Balaban J connectivity index is 1.18. The molecule has 5 rings (SSSR count). The third-order valence-corrected chi connectivity index (χ3v) is 7.61. The standard InChI is InChI=1S/C26H36N8O3/c1-26(2,28)23(35)33-15-21-13-20(33)16-34(21)25(37)30-22-9-12-32(24(36)29-22)19-5-3-17(4-6-19)14-31-10-7-18(27)8-11-31/h3-6,9,12,18,20-21H,7-8,10-11,13-16,27-28H2,1-2H3,(H,29,30,36,37)/t20?,21-/m0/s1. The number of benzene rings is 1. The highest BCUT2D eigenvalue weighted by Crippen LogP contribution is 2.32. The monoisotopic (exact) mass is 508 g/mol. The van der Waals surface area contributed by atoms with Gasteiger partial charge in [0.1, 0.15) is 5.82 Å². The number of anilines is 1. The Morgan fingerprint density at radius 1 is 1.05 bits per heavy atom. The van der Waals surface area contributed by atoms with Crippen molar-refractivity contribution in [3.05, 3.63) is 52.6 Å². The minimum absolute atomic E-state index is 0.0394. The molecule has 3 aliphatic rings. The summed E-state index contributed by atoms with van der Waals surface area (Å²) in [5.74, 6) is 0.0968. The molecule has 5 N–H and O–H groups in total. The fraction of sp³-hybridized carbons (Fsp3) is 0.538. The Morgan fingerprint density at radius 3 is 2.30 bits per heavy atom. The quantitative estimate of drug-likeness (QED) is 0.540. The molecule has 3 fully saturated rings. The predicted octanol–water partition coefficient (Wildman–Crippen LogP) is 0.710. The van der Waals surface area contributed by atoms with Gasteiger partial charge < -0.3 is 21.3 Å². The summed E-state index contributed by atoms with van der Waals surface area (Å²) >= 11 is 0. The molecule has 2 atom stereocenters. The van der Waals surface area contributed by atoms with Crippen LogP contribution in [0.2, 0.25) is 0 Å². The van der Waals surface area contributed by atoms with E-state index in [4.69, 9.17) is 11.5 Å². The van der Waals surface area contributed by atoms with Crippen LogP contribution in [0.1, 0.15) is 38.7 Å². The summed E-state index contributed by atoms with van der Waals surface area (Å²) in [6, 6.07) is 9.35. The zero-order chi connectivity index (χ0) is 26.3. The molecule has 0 radical (unpaired) electrons. The average molecular weight is 509 g/mol. The van der Waals surface area contributed by atoms with Crippen LogP contribution in [0.15, 0.2) is 41.3 Å². The Labute approximate surface area is 216 Å². The van der Waals surface area contributed by atoms with E-state index in [1.165, 1.54) is 10.1 Å². The second-order valence-corrected chi connectivity index (χ2v) is 11.1. The van der Waals surface area contributed by atoms with Gasteiger partial charge in [0.15, 0.2) is 0 Å². The van der Waals surface area contributed by atoms with E-state index in [0.29, 0.717) is 24.8 Å². The molecule has 4 heterocycles. The Kier molecular flexibility index (Phi) is 6.78. The summed E-state index contributed by atoms with van der Waals surface area (Å²) in [7, 11) is 0. The summed E-state index contributed by atoms with van der Waals surface area (Å²) in [4.78, 5) is 48.1. The topological polar surface area (TPSA) is 143 Å². The van der Waals surface area contributed by atoms with Gasteiger partial charge in [-0.25, -0.2) is 9.59 Å². The highest BCUT2D eigenvalue weighted by atomic mass is 16.2. The summed E-state index contributed by atoms with van der Waals surface area (Å²) in [5, 5.41) is 2.74. The van der Waals surface area contributed by atoms with E-state index in [1.54, 1.807) is 35.9 Å². The molecular weight excluding hydrogens is 472 g/mol. The Bertz CT molecular complexity index is 1210. The highest BCUT2D eigenvalue weighted by Gasteiger charge is 2.49. The summed E-state index contributed by atoms with van der Waals surface area (Å²) in [6.45, 7) is 7.15. The normalized spacial score (nSPS) is 22.5. The molecule has 0 aliphatic carbocycles.